The Morgan fingerprint density at radius 1 is 1.30 bits per heavy atom. The van der Waals surface area contributed by atoms with Crippen LogP contribution in [-0.4, -0.2) is 55.0 Å². The predicted molar refractivity (Wildman–Crippen MR) is 94.6 cm³/mol. The van der Waals surface area contributed by atoms with Gasteiger partial charge in [0.25, 0.3) is 5.91 Å². The summed E-state index contributed by atoms with van der Waals surface area (Å²) in [6.45, 7) is 1.45. The van der Waals surface area contributed by atoms with Crippen molar-refractivity contribution in [1.29, 1.82) is 0 Å². The molecule has 0 bridgehead atoms. The first-order valence-electron chi connectivity index (χ1n) is 8.76. The molecule has 3 rings (SSSR count). The monoisotopic (exact) mass is 374 g/mol. The number of hydrogen-bond donors (Lipinski definition) is 3. The number of rotatable bonds is 6. The topological polar surface area (TPSA) is 117 Å². The van der Waals surface area contributed by atoms with Gasteiger partial charge in [0.05, 0.1) is 6.61 Å². The minimum Gasteiger partial charge on any atom is -0.383 e. The Kier molecular flexibility index (Phi) is 5.70. The summed E-state index contributed by atoms with van der Waals surface area (Å²) in [7, 11) is 1.55. The Morgan fingerprint density at radius 2 is 2.11 bits per heavy atom. The van der Waals surface area contributed by atoms with Crippen LogP contribution in [0, 0.1) is 0 Å². The number of amides is 5. The zero-order chi connectivity index (χ0) is 19.4. The highest BCUT2D eigenvalue weighted by molar-refractivity contribution is 6.05. The van der Waals surface area contributed by atoms with Gasteiger partial charge in [0.2, 0.25) is 11.8 Å². The second-order valence-corrected chi connectivity index (χ2v) is 6.49. The van der Waals surface area contributed by atoms with Crippen molar-refractivity contribution in [2.24, 2.45) is 0 Å². The molecule has 2 aliphatic heterocycles. The summed E-state index contributed by atoms with van der Waals surface area (Å²) in [5.41, 5.74) is 2.14. The number of carbonyl (C=O) groups is 4. The van der Waals surface area contributed by atoms with Gasteiger partial charge < -0.3 is 20.3 Å². The fraction of sp³-hybridized carbons (Fsp3) is 0.444. The quantitative estimate of drug-likeness (QED) is 0.475. The van der Waals surface area contributed by atoms with Crippen LogP contribution in [0.1, 0.15) is 34.3 Å². The molecule has 144 valence electrons. The first kappa shape index (κ1) is 18.8. The largest absolute Gasteiger partial charge is 0.383 e. The van der Waals surface area contributed by atoms with Crippen LogP contribution in [0.5, 0.6) is 0 Å². The molecule has 0 saturated carbocycles. The van der Waals surface area contributed by atoms with Crippen LogP contribution in [0.25, 0.3) is 0 Å². The molecule has 5 amide bonds. The van der Waals surface area contributed by atoms with Crippen LogP contribution in [-0.2, 0) is 27.4 Å². The Labute approximate surface area is 156 Å². The van der Waals surface area contributed by atoms with E-state index < -0.39 is 11.9 Å². The van der Waals surface area contributed by atoms with Gasteiger partial charge in [-0.2, -0.15) is 0 Å². The lowest BCUT2D eigenvalue weighted by Crippen LogP contribution is -2.52. The fourth-order valence-electron chi connectivity index (χ4n) is 3.22. The van der Waals surface area contributed by atoms with Gasteiger partial charge in [-0.1, -0.05) is 12.1 Å². The standard InChI is InChI=1S/C18H22N4O5/c1-27-7-6-19-18(26)20-9-11-2-3-12-10-22(17(25)13(12)8-11)14-4-5-15(23)21-16(14)24/h2-3,8,14H,4-7,9-10H2,1H3,(H2,19,20,26)(H,21,23,24). The van der Waals surface area contributed by atoms with Crippen LogP contribution >= 0.6 is 0 Å². The Morgan fingerprint density at radius 3 is 2.85 bits per heavy atom. The fourth-order valence-corrected chi connectivity index (χ4v) is 3.22. The van der Waals surface area contributed by atoms with Gasteiger partial charge in [-0.25, -0.2) is 4.79 Å². The van der Waals surface area contributed by atoms with E-state index in [1.54, 1.807) is 13.2 Å². The highest BCUT2D eigenvalue weighted by atomic mass is 16.5. The van der Waals surface area contributed by atoms with Crippen molar-refractivity contribution in [2.75, 3.05) is 20.3 Å². The summed E-state index contributed by atoms with van der Waals surface area (Å²) in [6.07, 6.45) is 0.560. The molecule has 9 heteroatoms. The average molecular weight is 374 g/mol. The van der Waals surface area contributed by atoms with Gasteiger partial charge in [-0.15, -0.1) is 0 Å². The molecule has 1 saturated heterocycles. The summed E-state index contributed by atoms with van der Waals surface area (Å²) in [5.74, 6) is -0.967. The molecule has 0 aromatic heterocycles. The Balaban J connectivity index is 1.61. The Bertz CT molecular complexity index is 779. The number of benzene rings is 1. The van der Waals surface area contributed by atoms with Gasteiger partial charge in [0.15, 0.2) is 0 Å². The van der Waals surface area contributed by atoms with Gasteiger partial charge in [-0.05, 0) is 23.6 Å². The van der Waals surface area contributed by atoms with Gasteiger partial charge in [0, 0.05) is 38.7 Å². The third kappa shape index (κ3) is 4.25. The van der Waals surface area contributed by atoms with Gasteiger partial charge in [0.1, 0.15) is 6.04 Å². The van der Waals surface area contributed by atoms with Crippen molar-refractivity contribution in [2.45, 2.75) is 32.0 Å². The smallest absolute Gasteiger partial charge is 0.315 e. The van der Waals surface area contributed by atoms with Crippen LogP contribution in [0.3, 0.4) is 0 Å². The Hall–Kier alpha value is -2.94. The van der Waals surface area contributed by atoms with E-state index in [1.807, 2.05) is 12.1 Å². The van der Waals surface area contributed by atoms with E-state index in [4.69, 9.17) is 4.74 Å². The molecule has 1 atom stereocenters. The molecule has 2 aliphatic rings. The zero-order valence-corrected chi connectivity index (χ0v) is 15.0. The van der Waals surface area contributed by atoms with Crippen molar-refractivity contribution >= 4 is 23.8 Å². The number of carbonyl (C=O) groups excluding carboxylic acids is 4. The number of urea groups is 1. The normalized spacial score (nSPS) is 18.9. The number of nitrogens with zero attached hydrogens (tertiary/aromatic N) is 1. The number of nitrogens with one attached hydrogen (secondary N) is 3. The van der Waals surface area contributed by atoms with Crippen LogP contribution in [0.2, 0.25) is 0 Å². The summed E-state index contributed by atoms with van der Waals surface area (Å²) in [5, 5.41) is 7.65. The maximum Gasteiger partial charge on any atom is 0.315 e. The molecule has 27 heavy (non-hydrogen) atoms. The van der Waals surface area contributed by atoms with Crippen molar-refractivity contribution in [3.05, 3.63) is 34.9 Å². The average Bonchev–Trinajstić information content (AvgIpc) is 2.96. The van der Waals surface area contributed by atoms with E-state index in [0.717, 1.165) is 11.1 Å². The third-order valence-corrected chi connectivity index (χ3v) is 4.64. The SMILES string of the molecule is COCCNC(=O)NCc1ccc2c(c1)C(=O)N(C1CCC(=O)NC1=O)C2. The molecular weight excluding hydrogens is 352 g/mol. The van der Waals surface area contributed by atoms with E-state index in [2.05, 4.69) is 16.0 Å². The molecule has 3 N–H and O–H groups in total. The van der Waals surface area contributed by atoms with E-state index in [1.165, 1.54) is 4.90 Å². The first-order valence-corrected chi connectivity index (χ1v) is 8.76. The molecule has 0 spiro atoms. The number of hydrogen-bond acceptors (Lipinski definition) is 5. The number of ether oxygens (including phenoxy) is 1. The maximum absolute atomic E-state index is 12.7. The van der Waals surface area contributed by atoms with Crippen LogP contribution in [0.4, 0.5) is 4.79 Å². The lowest BCUT2D eigenvalue weighted by Gasteiger charge is -2.29. The van der Waals surface area contributed by atoms with Crippen molar-refractivity contribution in [3.8, 4) is 0 Å². The van der Waals surface area contributed by atoms with Gasteiger partial charge >= 0.3 is 6.03 Å². The van der Waals surface area contributed by atoms with E-state index >= 15 is 0 Å². The highest BCUT2D eigenvalue weighted by Gasteiger charge is 2.39. The summed E-state index contributed by atoms with van der Waals surface area (Å²) >= 11 is 0. The molecule has 0 aliphatic carbocycles. The summed E-state index contributed by atoms with van der Waals surface area (Å²) in [6, 6.07) is 4.47. The molecule has 0 radical (unpaired) electrons. The number of methoxy groups -OCH3 is 1. The van der Waals surface area contributed by atoms with Gasteiger partial charge in [-0.3, -0.25) is 19.7 Å². The van der Waals surface area contributed by atoms with Crippen molar-refractivity contribution < 1.29 is 23.9 Å². The molecular formula is C18H22N4O5. The summed E-state index contributed by atoms with van der Waals surface area (Å²) in [4.78, 5) is 49.3. The van der Waals surface area contributed by atoms with E-state index in [9.17, 15) is 19.2 Å². The number of imide groups is 1. The first-order chi connectivity index (χ1) is 13.0. The lowest BCUT2D eigenvalue weighted by atomic mass is 10.0. The van der Waals surface area contributed by atoms with Crippen LogP contribution < -0.4 is 16.0 Å². The second kappa shape index (κ2) is 8.17. The minimum absolute atomic E-state index is 0.226. The van der Waals surface area contributed by atoms with Crippen LogP contribution in [0.15, 0.2) is 18.2 Å². The lowest BCUT2D eigenvalue weighted by molar-refractivity contribution is -0.136. The maximum atomic E-state index is 12.7. The minimum atomic E-state index is -0.629. The number of piperidine rings is 1. The zero-order valence-electron chi connectivity index (χ0n) is 15.0. The number of fused-ring (bicyclic) bond motifs is 1. The van der Waals surface area contributed by atoms with E-state index in [-0.39, 0.29) is 30.8 Å². The molecule has 2 heterocycles. The molecule has 1 fully saturated rings. The van der Waals surface area contributed by atoms with Crippen molar-refractivity contribution in [3.63, 3.8) is 0 Å². The van der Waals surface area contributed by atoms with Crippen molar-refractivity contribution in [1.82, 2.24) is 20.9 Å². The molecule has 9 nitrogen and oxygen atoms in total. The second-order valence-electron chi connectivity index (χ2n) is 6.49. The molecule has 1 aromatic rings. The predicted octanol–water partition coefficient (Wildman–Crippen LogP) is -0.107. The third-order valence-electron chi connectivity index (χ3n) is 4.64. The highest BCUT2D eigenvalue weighted by Crippen LogP contribution is 2.28. The van der Waals surface area contributed by atoms with E-state index in [0.29, 0.717) is 31.7 Å². The molecule has 1 aromatic carbocycles. The summed E-state index contributed by atoms with van der Waals surface area (Å²) < 4.78 is 4.86. The molecule has 1 unspecified atom stereocenters.